The van der Waals surface area contributed by atoms with Crippen molar-refractivity contribution < 1.29 is 9.50 Å². The van der Waals surface area contributed by atoms with Gasteiger partial charge in [-0.05, 0) is 25.6 Å². The van der Waals surface area contributed by atoms with Crippen LogP contribution in [0.3, 0.4) is 0 Å². The number of aliphatic hydroxyl groups is 1. The number of aliphatic hydroxyl groups excluding tert-OH is 1. The van der Waals surface area contributed by atoms with E-state index in [-0.39, 0.29) is 11.9 Å². The molecule has 0 bridgehead atoms. The molecule has 1 heterocycles. The van der Waals surface area contributed by atoms with Gasteiger partial charge in [-0.15, -0.1) is 0 Å². The average Bonchev–Trinajstić information content (AvgIpc) is 2.01. The van der Waals surface area contributed by atoms with Crippen LogP contribution in [0.4, 0.5) is 4.39 Å². The van der Waals surface area contributed by atoms with Gasteiger partial charge in [-0.25, -0.2) is 4.39 Å². The van der Waals surface area contributed by atoms with Crippen molar-refractivity contribution in [3.8, 4) is 0 Å². The van der Waals surface area contributed by atoms with Gasteiger partial charge in [0.1, 0.15) is 5.82 Å². The largest absolute Gasteiger partial charge is 0.392 e. The lowest BCUT2D eigenvalue weighted by Crippen LogP contribution is -2.26. The molecule has 0 saturated carbocycles. The molecule has 0 spiro atoms. The van der Waals surface area contributed by atoms with Crippen LogP contribution in [0.25, 0.3) is 0 Å². The number of aromatic nitrogens is 1. The molecule has 0 aliphatic rings. The van der Waals surface area contributed by atoms with E-state index < -0.39 is 0 Å². The van der Waals surface area contributed by atoms with Gasteiger partial charge >= 0.3 is 0 Å². The van der Waals surface area contributed by atoms with Crippen LogP contribution >= 0.6 is 0 Å². The highest BCUT2D eigenvalue weighted by Crippen LogP contribution is 2.04. The molecule has 4 heteroatoms. The smallest absolute Gasteiger partial charge is 0.141 e. The topological polar surface area (TPSA) is 36.4 Å². The quantitative estimate of drug-likeness (QED) is 0.785. The maximum absolute atomic E-state index is 12.7. The molecule has 0 saturated heterocycles. The lowest BCUT2D eigenvalue weighted by molar-refractivity contribution is 0.138. The van der Waals surface area contributed by atoms with Gasteiger partial charge in [0.15, 0.2) is 0 Å². The van der Waals surface area contributed by atoms with Gasteiger partial charge in [-0.2, -0.15) is 0 Å². The van der Waals surface area contributed by atoms with Crippen LogP contribution in [-0.4, -0.2) is 34.7 Å². The molecule has 0 aliphatic carbocycles. The summed E-state index contributed by atoms with van der Waals surface area (Å²) >= 11 is 0. The van der Waals surface area contributed by atoms with Crippen LogP contribution in [0.15, 0.2) is 18.5 Å². The molecule has 1 unspecified atom stereocenters. The van der Waals surface area contributed by atoms with E-state index in [1.54, 1.807) is 13.1 Å². The van der Waals surface area contributed by atoms with Crippen LogP contribution < -0.4 is 0 Å². The molecule has 0 radical (unpaired) electrons. The highest BCUT2D eigenvalue weighted by Gasteiger charge is 2.04. The van der Waals surface area contributed by atoms with E-state index in [4.69, 9.17) is 5.11 Å². The van der Waals surface area contributed by atoms with Crippen molar-refractivity contribution in [1.29, 1.82) is 0 Å². The van der Waals surface area contributed by atoms with Gasteiger partial charge in [0.05, 0.1) is 12.3 Å². The van der Waals surface area contributed by atoms with Crippen LogP contribution in [0, 0.1) is 5.82 Å². The van der Waals surface area contributed by atoms with Gasteiger partial charge in [-0.1, -0.05) is 0 Å². The predicted molar refractivity (Wildman–Crippen MR) is 52.2 cm³/mol. The third kappa shape index (κ3) is 3.81. The van der Waals surface area contributed by atoms with E-state index in [0.29, 0.717) is 13.1 Å². The fraction of sp³-hybridized carbons (Fsp3) is 0.500. The Balaban J connectivity index is 2.51. The summed E-state index contributed by atoms with van der Waals surface area (Å²) in [5, 5.41) is 9.12. The second kappa shape index (κ2) is 5.02. The molecule has 0 aliphatic heterocycles. The summed E-state index contributed by atoms with van der Waals surface area (Å²) in [6.07, 6.45) is 2.43. The summed E-state index contributed by atoms with van der Waals surface area (Å²) in [5.74, 6) is -0.326. The molecule has 3 nitrogen and oxygen atoms in total. The molecule has 78 valence electrons. The van der Waals surface area contributed by atoms with Gasteiger partial charge in [0.25, 0.3) is 0 Å². The summed E-state index contributed by atoms with van der Waals surface area (Å²) in [7, 11) is 1.87. The number of likely N-dealkylation sites (N-methyl/N-ethyl adjacent to an activating group) is 1. The number of rotatable bonds is 4. The Bertz CT molecular complexity index is 291. The van der Waals surface area contributed by atoms with Crippen molar-refractivity contribution in [2.75, 3.05) is 13.6 Å². The zero-order valence-electron chi connectivity index (χ0n) is 8.44. The van der Waals surface area contributed by atoms with Crippen LogP contribution in [0.1, 0.15) is 12.5 Å². The monoisotopic (exact) mass is 198 g/mol. The maximum atomic E-state index is 12.7. The van der Waals surface area contributed by atoms with Gasteiger partial charge in [-0.3, -0.25) is 9.88 Å². The summed E-state index contributed by atoms with van der Waals surface area (Å²) in [6, 6.07) is 1.45. The summed E-state index contributed by atoms with van der Waals surface area (Å²) in [6.45, 7) is 2.88. The number of hydrogen-bond donors (Lipinski definition) is 1. The Labute approximate surface area is 83.2 Å². The Morgan fingerprint density at radius 3 is 2.86 bits per heavy atom. The lowest BCUT2D eigenvalue weighted by atomic mass is 10.2. The first-order chi connectivity index (χ1) is 6.58. The first kappa shape index (κ1) is 11.1. The first-order valence-electron chi connectivity index (χ1n) is 4.54. The van der Waals surface area contributed by atoms with E-state index >= 15 is 0 Å². The maximum Gasteiger partial charge on any atom is 0.141 e. The summed E-state index contributed by atoms with van der Waals surface area (Å²) < 4.78 is 12.7. The van der Waals surface area contributed by atoms with Crippen molar-refractivity contribution in [3.05, 3.63) is 29.8 Å². The number of hydrogen-bond acceptors (Lipinski definition) is 3. The third-order valence-corrected chi connectivity index (χ3v) is 1.79. The summed E-state index contributed by atoms with van der Waals surface area (Å²) in [4.78, 5) is 5.67. The second-order valence-corrected chi connectivity index (χ2v) is 3.56. The van der Waals surface area contributed by atoms with Crippen molar-refractivity contribution in [2.24, 2.45) is 0 Å². The van der Waals surface area contributed by atoms with Crippen LogP contribution in [0.5, 0.6) is 0 Å². The van der Waals surface area contributed by atoms with Crippen molar-refractivity contribution in [1.82, 2.24) is 9.88 Å². The zero-order chi connectivity index (χ0) is 10.6. The normalized spacial score (nSPS) is 13.2. The molecular formula is C10H15FN2O. The van der Waals surface area contributed by atoms with Crippen molar-refractivity contribution in [2.45, 2.75) is 19.6 Å². The molecule has 0 amide bonds. The van der Waals surface area contributed by atoms with Crippen molar-refractivity contribution >= 4 is 0 Å². The predicted octanol–water partition coefficient (Wildman–Crippen LogP) is 1.03. The Hall–Kier alpha value is -1.00. The van der Waals surface area contributed by atoms with E-state index in [0.717, 1.165) is 5.56 Å². The fourth-order valence-corrected chi connectivity index (χ4v) is 1.37. The van der Waals surface area contributed by atoms with Gasteiger partial charge < -0.3 is 5.11 Å². The van der Waals surface area contributed by atoms with E-state index in [2.05, 4.69) is 4.98 Å². The molecule has 1 atom stereocenters. The highest BCUT2D eigenvalue weighted by molar-refractivity contribution is 5.09. The van der Waals surface area contributed by atoms with Gasteiger partial charge in [0.2, 0.25) is 0 Å². The second-order valence-electron chi connectivity index (χ2n) is 3.56. The van der Waals surface area contributed by atoms with Crippen molar-refractivity contribution in [3.63, 3.8) is 0 Å². The Kier molecular flexibility index (Phi) is 3.98. The number of halogens is 1. The highest BCUT2D eigenvalue weighted by atomic mass is 19.1. The zero-order valence-corrected chi connectivity index (χ0v) is 8.44. The standard InChI is InChI=1S/C10H15FN2O/c1-8(14)6-13(2)7-9-3-10(11)5-12-4-9/h3-5,8,14H,6-7H2,1-2H3. The molecule has 1 aromatic heterocycles. The van der Waals surface area contributed by atoms with Crippen LogP contribution in [-0.2, 0) is 6.54 Å². The molecule has 0 aromatic carbocycles. The minimum Gasteiger partial charge on any atom is -0.392 e. The summed E-state index contributed by atoms with van der Waals surface area (Å²) in [5.41, 5.74) is 0.813. The molecular weight excluding hydrogens is 183 g/mol. The third-order valence-electron chi connectivity index (χ3n) is 1.79. The SMILES string of the molecule is CC(O)CN(C)Cc1cncc(F)c1. The molecule has 14 heavy (non-hydrogen) atoms. The molecule has 1 rings (SSSR count). The minimum absolute atomic E-state index is 0.326. The number of nitrogens with zero attached hydrogens (tertiary/aromatic N) is 2. The van der Waals surface area contributed by atoms with E-state index in [1.165, 1.54) is 12.3 Å². The fourth-order valence-electron chi connectivity index (χ4n) is 1.37. The Morgan fingerprint density at radius 1 is 1.57 bits per heavy atom. The molecule has 1 aromatic rings. The average molecular weight is 198 g/mol. The van der Waals surface area contributed by atoms with E-state index in [1.807, 2.05) is 11.9 Å². The van der Waals surface area contributed by atoms with Gasteiger partial charge in [0, 0.05) is 19.3 Å². The number of pyridine rings is 1. The molecule has 1 N–H and O–H groups in total. The Morgan fingerprint density at radius 2 is 2.29 bits per heavy atom. The lowest BCUT2D eigenvalue weighted by Gasteiger charge is -2.17. The first-order valence-corrected chi connectivity index (χ1v) is 4.54. The van der Waals surface area contributed by atoms with Crippen LogP contribution in [0.2, 0.25) is 0 Å². The van der Waals surface area contributed by atoms with E-state index in [9.17, 15) is 4.39 Å². The minimum atomic E-state index is -0.374. The molecule has 0 fully saturated rings.